The molecule has 0 saturated carbocycles. The highest BCUT2D eigenvalue weighted by Crippen LogP contribution is 2.22. The van der Waals surface area contributed by atoms with Gasteiger partial charge < -0.3 is 5.11 Å². The van der Waals surface area contributed by atoms with E-state index in [0.29, 0.717) is 12.3 Å². The van der Waals surface area contributed by atoms with Crippen LogP contribution in [0.25, 0.3) is 0 Å². The van der Waals surface area contributed by atoms with E-state index >= 15 is 0 Å². The van der Waals surface area contributed by atoms with Crippen LogP contribution in [-0.4, -0.2) is 34.0 Å². The number of hydrogen-bond donors (Lipinski definition) is 1. The topological polar surface area (TPSA) is 53.4 Å². The van der Waals surface area contributed by atoms with Crippen molar-refractivity contribution in [2.24, 2.45) is 5.92 Å². The molecule has 2 rings (SSSR count). The Kier molecular flexibility index (Phi) is 4.91. The van der Waals surface area contributed by atoms with Gasteiger partial charge in [0.1, 0.15) is 0 Å². The molecule has 0 aliphatic carbocycles. The number of carboxylic acids is 1. The molecule has 0 radical (unpaired) electrons. The monoisotopic (exact) mass is 262 g/mol. The van der Waals surface area contributed by atoms with Crippen molar-refractivity contribution in [3.63, 3.8) is 0 Å². The number of aryl methyl sites for hydroxylation is 1. The predicted octanol–water partition coefficient (Wildman–Crippen LogP) is 2.47. The second-order valence-electron chi connectivity index (χ2n) is 5.46. The quantitative estimate of drug-likeness (QED) is 0.885. The molecule has 1 saturated heterocycles. The predicted molar refractivity (Wildman–Crippen MR) is 73.8 cm³/mol. The van der Waals surface area contributed by atoms with Gasteiger partial charge in [-0.05, 0) is 56.8 Å². The largest absolute Gasteiger partial charge is 0.481 e. The molecule has 1 N–H and O–H groups in total. The van der Waals surface area contributed by atoms with E-state index in [9.17, 15) is 4.79 Å². The van der Waals surface area contributed by atoms with Gasteiger partial charge in [-0.25, -0.2) is 0 Å². The van der Waals surface area contributed by atoms with E-state index in [4.69, 9.17) is 5.11 Å². The molecular weight excluding hydrogens is 240 g/mol. The zero-order chi connectivity index (χ0) is 13.7. The fourth-order valence-corrected chi connectivity index (χ4v) is 2.61. The van der Waals surface area contributed by atoms with Gasteiger partial charge in [-0.3, -0.25) is 14.7 Å². The molecule has 1 aliphatic heterocycles. The number of hydrogen-bond acceptors (Lipinski definition) is 3. The van der Waals surface area contributed by atoms with Gasteiger partial charge in [0.05, 0.1) is 0 Å². The fourth-order valence-electron chi connectivity index (χ4n) is 2.61. The van der Waals surface area contributed by atoms with Crippen LogP contribution in [0.15, 0.2) is 18.3 Å². The Morgan fingerprint density at radius 1 is 1.42 bits per heavy atom. The van der Waals surface area contributed by atoms with Crippen LogP contribution >= 0.6 is 0 Å². The molecule has 104 valence electrons. The van der Waals surface area contributed by atoms with Crippen LogP contribution in [0.2, 0.25) is 0 Å². The molecule has 2 heterocycles. The summed E-state index contributed by atoms with van der Waals surface area (Å²) in [6.07, 6.45) is 5.33. The summed E-state index contributed by atoms with van der Waals surface area (Å²) in [4.78, 5) is 17.3. The molecule has 1 aromatic rings. The Morgan fingerprint density at radius 2 is 2.16 bits per heavy atom. The van der Waals surface area contributed by atoms with Gasteiger partial charge in [-0.1, -0.05) is 6.07 Å². The third-order valence-electron chi connectivity index (χ3n) is 3.85. The molecule has 4 heteroatoms. The van der Waals surface area contributed by atoms with Gasteiger partial charge >= 0.3 is 5.97 Å². The average Bonchev–Trinajstić information content (AvgIpc) is 2.40. The first-order chi connectivity index (χ1) is 9.13. The van der Waals surface area contributed by atoms with E-state index in [2.05, 4.69) is 22.0 Å². The Labute approximate surface area is 114 Å². The summed E-state index contributed by atoms with van der Waals surface area (Å²) < 4.78 is 0. The molecule has 0 amide bonds. The molecule has 0 aromatic carbocycles. The smallest absolute Gasteiger partial charge is 0.303 e. The standard InChI is InChI=1S/C15H22N2O2/c1-12-2-3-14(10-16-12)11-17-8-6-13(7-9-17)4-5-15(18)19/h2-3,10,13H,4-9,11H2,1H3,(H,18,19). The summed E-state index contributed by atoms with van der Waals surface area (Å²) >= 11 is 0. The molecule has 0 bridgehead atoms. The summed E-state index contributed by atoms with van der Waals surface area (Å²) in [5.41, 5.74) is 2.31. The molecule has 0 atom stereocenters. The first-order valence-electron chi connectivity index (χ1n) is 6.99. The lowest BCUT2D eigenvalue weighted by atomic mass is 9.92. The van der Waals surface area contributed by atoms with Crippen LogP contribution in [0.1, 0.15) is 36.9 Å². The third kappa shape index (κ3) is 4.63. The van der Waals surface area contributed by atoms with Crippen LogP contribution in [-0.2, 0) is 11.3 Å². The maximum Gasteiger partial charge on any atom is 0.303 e. The van der Waals surface area contributed by atoms with Crippen LogP contribution in [0.5, 0.6) is 0 Å². The van der Waals surface area contributed by atoms with Crippen molar-refractivity contribution in [3.8, 4) is 0 Å². The normalized spacial score (nSPS) is 17.5. The number of nitrogens with zero attached hydrogens (tertiary/aromatic N) is 2. The first kappa shape index (κ1) is 14.0. The van der Waals surface area contributed by atoms with Crippen LogP contribution in [0, 0.1) is 12.8 Å². The average molecular weight is 262 g/mol. The van der Waals surface area contributed by atoms with Crippen molar-refractivity contribution in [2.75, 3.05) is 13.1 Å². The van der Waals surface area contributed by atoms with E-state index in [1.807, 2.05) is 13.1 Å². The number of aromatic nitrogens is 1. The van der Waals surface area contributed by atoms with Crippen LogP contribution in [0.4, 0.5) is 0 Å². The van der Waals surface area contributed by atoms with Crippen molar-refractivity contribution < 1.29 is 9.90 Å². The number of carbonyl (C=O) groups is 1. The van der Waals surface area contributed by atoms with Crippen LogP contribution < -0.4 is 0 Å². The molecule has 1 fully saturated rings. The summed E-state index contributed by atoms with van der Waals surface area (Å²) in [7, 11) is 0. The minimum absolute atomic E-state index is 0.312. The Balaban J connectivity index is 1.74. The van der Waals surface area contributed by atoms with E-state index in [1.54, 1.807) is 0 Å². The van der Waals surface area contributed by atoms with E-state index in [0.717, 1.165) is 44.6 Å². The zero-order valence-corrected chi connectivity index (χ0v) is 11.5. The highest BCUT2D eigenvalue weighted by molar-refractivity contribution is 5.66. The summed E-state index contributed by atoms with van der Waals surface area (Å²) in [6, 6.07) is 4.19. The SMILES string of the molecule is Cc1ccc(CN2CCC(CCC(=O)O)CC2)cn1. The Morgan fingerprint density at radius 3 is 2.74 bits per heavy atom. The van der Waals surface area contributed by atoms with Gasteiger partial charge in [-0.15, -0.1) is 0 Å². The molecule has 19 heavy (non-hydrogen) atoms. The molecule has 1 aliphatic rings. The first-order valence-corrected chi connectivity index (χ1v) is 6.99. The van der Waals surface area contributed by atoms with Gasteiger partial charge in [0.25, 0.3) is 0 Å². The molecule has 0 unspecified atom stereocenters. The van der Waals surface area contributed by atoms with Gasteiger partial charge in [-0.2, -0.15) is 0 Å². The van der Waals surface area contributed by atoms with Gasteiger partial charge in [0, 0.05) is 24.9 Å². The summed E-state index contributed by atoms with van der Waals surface area (Å²) in [6.45, 7) is 5.09. The van der Waals surface area contributed by atoms with Crippen molar-refractivity contribution in [1.29, 1.82) is 0 Å². The Hall–Kier alpha value is -1.42. The molecular formula is C15H22N2O2. The fraction of sp³-hybridized carbons (Fsp3) is 0.600. The number of rotatable bonds is 5. The minimum Gasteiger partial charge on any atom is -0.481 e. The summed E-state index contributed by atoms with van der Waals surface area (Å²) in [5, 5.41) is 8.70. The van der Waals surface area contributed by atoms with Crippen molar-refractivity contribution >= 4 is 5.97 Å². The maximum atomic E-state index is 10.6. The highest BCUT2D eigenvalue weighted by Gasteiger charge is 2.19. The lowest BCUT2D eigenvalue weighted by Gasteiger charge is -2.31. The number of likely N-dealkylation sites (tertiary alicyclic amines) is 1. The lowest BCUT2D eigenvalue weighted by molar-refractivity contribution is -0.137. The molecule has 0 spiro atoms. The summed E-state index contributed by atoms with van der Waals surface area (Å²) in [5.74, 6) is -0.0864. The second-order valence-corrected chi connectivity index (χ2v) is 5.46. The zero-order valence-electron chi connectivity index (χ0n) is 11.5. The number of pyridine rings is 1. The Bertz CT molecular complexity index is 409. The maximum absolute atomic E-state index is 10.6. The van der Waals surface area contributed by atoms with Crippen molar-refractivity contribution in [2.45, 2.75) is 39.2 Å². The van der Waals surface area contributed by atoms with Gasteiger partial charge in [0.2, 0.25) is 0 Å². The molecule has 4 nitrogen and oxygen atoms in total. The van der Waals surface area contributed by atoms with E-state index < -0.39 is 5.97 Å². The minimum atomic E-state index is -0.673. The molecule has 1 aromatic heterocycles. The lowest BCUT2D eigenvalue weighted by Crippen LogP contribution is -2.33. The van der Waals surface area contributed by atoms with Crippen LogP contribution in [0.3, 0.4) is 0 Å². The van der Waals surface area contributed by atoms with Gasteiger partial charge in [0.15, 0.2) is 0 Å². The van der Waals surface area contributed by atoms with E-state index in [-0.39, 0.29) is 0 Å². The number of piperidine rings is 1. The number of carboxylic acid groups (broad SMARTS) is 1. The third-order valence-corrected chi connectivity index (χ3v) is 3.85. The van der Waals surface area contributed by atoms with Crippen molar-refractivity contribution in [3.05, 3.63) is 29.6 Å². The van der Waals surface area contributed by atoms with E-state index in [1.165, 1.54) is 5.56 Å². The van der Waals surface area contributed by atoms with Crippen molar-refractivity contribution in [1.82, 2.24) is 9.88 Å². The second kappa shape index (κ2) is 6.66. The number of aliphatic carboxylic acids is 1. The highest BCUT2D eigenvalue weighted by atomic mass is 16.4.